The van der Waals surface area contributed by atoms with Crippen molar-refractivity contribution in [2.45, 2.75) is 26.9 Å². The molecular formula is C13H19IN6O. The molecule has 2 rings (SSSR count). The summed E-state index contributed by atoms with van der Waals surface area (Å²) in [6.45, 7) is 5.53. The van der Waals surface area contributed by atoms with Gasteiger partial charge in [-0.15, -0.1) is 24.0 Å². The molecule has 0 amide bonds. The van der Waals surface area contributed by atoms with E-state index in [-0.39, 0.29) is 24.0 Å². The number of rotatable bonds is 5. The molecule has 0 spiro atoms. The molecule has 0 fully saturated rings. The number of aryl methyl sites for hydroxylation is 1. The van der Waals surface area contributed by atoms with E-state index in [1.807, 2.05) is 25.1 Å². The first kappa shape index (κ1) is 17.3. The molecule has 7 nitrogen and oxygen atoms in total. The monoisotopic (exact) mass is 402 g/mol. The van der Waals surface area contributed by atoms with Gasteiger partial charge in [0, 0.05) is 19.7 Å². The maximum atomic E-state index is 4.91. The van der Waals surface area contributed by atoms with Crippen molar-refractivity contribution in [3.8, 4) is 0 Å². The highest BCUT2D eigenvalue weighted by Gasteiger charge is 2.03. The molecule has 114 valence electrons. The molecule has 0 aliphatic heterocycles. The number of aromatic nitrogens is 3. The number of halogens is 1. The molecule has 0 aliphatic carbocycles. The van der Waals surface area contributed by atoms with Crippen molar-refractivity contribution in [3.63, 3.8) is 0 Å². The van der Waals surface area contributed by atoms with Gasteiger partial charge in [0.2, 0.25) is 5.89 Å². The molecule has 0 saturated heterocycles. The van der Waals surface area contributed by atoms with Gasteiger partial charge in [-0.3, -0.25) is 4.98 Å². The SMILES string of the molecule is CCNC(=NCc1ccccn1)NCc1noc(C)n1.I. The highest BCUT2D eigenvalue weighted by Crippen LogP contribution is 1.96. The number of pyridine rings is 1. The fourth-order valence-corrected chi connectivity index (χ4v) is 1.57. The Morgan fingerprint density at radius 2 is 2.19 bits per heavy atom. The van der Waals surface area contributed by atoms with Crippen LogP contribution in [-0.4, -0.2) is 27.6 Å². The first-order valence-electron chi connectivity index (χ1n) is 6.49. The van der Waals surface area contributed by atoms with Crippen LogP contribution in [0.4, 0.5) is 0 Å². The lowest BCUT2D eigenvalue weighted by molar-refractivity contribution is 0.387. The standard InChI is InChI=1S/C13H18N6O.HI/c1-3-14-13(16-8-11-6-4-5-7-15-11)17-9-12-18-10(2)20-19-12;/h4-7H,3,8-9H2,1-2H3,(H2,14,16,17);1H. The summed E-state index contributed by atoms with van der Waals surface area (Å²) in [5.41, 5.74) is 0.917. The number of nitrogens with zero attached hydrogens (tertiary/aromatic N) is 4. The summed E-state index contributed by atoms with van der Waals surface area (Å²) < 4.78 is 4.91. The van der Waals surface area contributed by atoms with E-state index < -0.39 is 0 Å². The molecule has 0 unspecified atom stereocenters. The van der Waals surface area contributed by atoms with E-state index in [2.05, 4.69) is 30.8 Å². The quantitative estimate of drug-likeness (QED) is 0.449. The average Bonchev–Trinajstić information content (AvgIpc) is 2.89. The van der Waals surface area contributed by atoms with Crippen LogP contribution in [0.2, 0.25) is 0 Å². The summed E-state index contributed by atoms with van der Waals surface area (Å²) in [6.07, 6.45) is 1.76. The van der Waals surface area contributed by atoms with Crippen LogP contribution in [0.15, 0.2) is 33.9 Å². The second-order valence-electron chi connectivity index (χ2n) is 4.10. The topological polar surface area (TPSA) is 88.2 Å². The summed E-state index contributed by atoms with van der Waals surface area (Å²) in [7, 11) is 0. The van der Waals surface area contributed by atoms with Gasteiger partial charge in [0.25, 0.3) is 0 Å². The molecule has 2 N–H and O–H groups in total. The third-order valence-electron chi connectivity index (χ3n) is 2.45. The van der Waals surface area contributed by atoms with Crippen LogP contribution < -0.4 is 10.6 Å². The molecule has 0 saturated carbocycles. The predicted molar refractivity (Wildman–Crippen MR) is 90.3 cm³/mol. The van der Waals surface area contributed by atoms with Gasteiger partial charge in [0.15, 0.2) is 11.8 Å². The van der Waals surface area contributed by atoms with Crippen LogP contribution >= 0.6 is 24.0 Å². The van der Waals surface area contributed by atoms with E-state index in [1.165, 1.54) is 0 Å². The highest BCUT2D eigenvalue weighted by molar-refractivity contribution is 14.0. The predicted octanol–water partition coefficient (Wildman–Crippen LogP) is 1.65. The second-order valence-corrected chi connectivity index (χ2v) is 4.10. The highest BCUT2D eigenvalue weighted by atomic mass is 127. The summed E-state index contributed by atoms with van der Waals surface area (Å²) >= 11 is 0. The number of hydrogen-bond acceptors (Lipinski definition) is 5. The van der Waals surface area contributed by atoms with Crippen LogP contribution in [-0.2, 0) is 13.1 Å². The lowest BCUT2D eigenvalue weighted by Gasteiger charge is -2.09. The van der Waals surface area contributed by atoms with E-state index in [0.717, 1.165) is 12.2 Å². The number of guanidine groups is 1. The Morgan fingerprint density at radius 1 is 1.33 bits per heavy atom. The Hall–Kier alpha value is -1.71. The third kappa shape index (κ3) is 6.06. The lowest BCUT2D eigenvalue weighted by atomic mass is 10.3. The van der Waals surface area contributed by atoms with Gasteiger partial charge in [0.1, 0.15) is 0 Å². The molecule has 2 aromatic rings. The Balaban J connectivity index is 0.00000220. The fraction of sp³-hybridized carbons (Fsp3) is 0.385. The van der Waals surface area contributed by atoms with E-state index >= 15 is 0 Å². The molecule has 0 aromatic carbocycles. The Labute approximate surface area is 140 Å². The summed E-state index contributed by atoms with van der Waals surface area (Å²) in [5.74, 6) is 1.85. The van der Waals surface area contributed by atoms with E-state index in [1.54, 1.807) is 13.1 Å². The van der Waals surface area contributed by atoms with Crippen LogP contribution in [0.1, 0.15) is 24.3 Å². The van der Waals surface area contributed by atoms with Crippen molar-refractivity contribution in [2.75, 3.05) is 6.54 Å². The number of hydrogen-bond donors (Lipinski definition) is 2. The first-order valence-corrected chi connectivity index (χ1v) is 6.49. The van der Waals surface area contributed by atoms with Crippen molar-refractivity contribution in [1.29, 1.82) is 0 Å². The minimum atomic E-state index is 0. The van der Waals surface area contributed by atoms with Crippen LogP contribution in [0.5, 0.6) is 0 Å². The van der Waals surface area contributed by atoms with Crippen LogP contribution in [0, 0.1) is 6.92 Å². The van der Waals surface area contributed by atoms with Crippen molar-refractivity contribution in [1.82, 2.24) is 25.8 Å². The maximum absolute atomic E-state index is 4.91. The van der Waals surface area contributed by atoms with Crippen molar-refractivity contribution in [3.05, 3.63) is 41.8 Å². The van der Waals surface area contributed by atoms with Gasteiger partial charge in [-0.05, 0) is 19.1 Å². The molecule has 0 atom stereocenters. The van der Waals surface area contributed by atoms with E-state index in [9.17, 15) is 0 Å². The third-order valence-corrected chi connectivity index (χ3v) is 2.45. The Bertz CT molecular complexity index is 557. The number of nitrogens with one attached hydrogen (secondary N) is 2. The summed E-state index contributed by atoms with van der Waals surface area (Å²) in [6, 6.07) is 5.77. The fourth-order valence-electron chi connectivity index (χ4n) is 1.57. The normalized spacial score (nSPS) is 10.9. The lowest BCUT2D eigenvalue weighted by Crippen LogP contribution is -2.37. The average molecular weight is 402 g/mol. The molecule has 2 aromatic heterocycles. The van der Waals surface area contributed by atoms with Gasteiger partial charge < -0.3 is 15.2 Å². The van der Waals surface area contributed by atoms with E-state index in [4.69, 9.17) is 4.52 Å². The summed E-state index contributed by atoms with van der Waals surface area (Å²) in [5, 5.41) is 10.1. The van der Waals surface area contributed by atoms with Gasteiger partial charge >= 0.3 is 0 Å². The van der Waals surface area contributed by atoms with Gasteiger partial charge in [-0.25, -0.2) is 4.99 Å². The van der Waals surface area contributed by atoms with Crippen molar-refractivity contribution >= 4 is 29.9 Å². The van der Waals surface area contributed by atoms with Crippen LogP contribution in [0.25, 0.3) is 0 Å². The maximum Gasteiger partial charge on any atom is 0.223 e. The smallest absolute Gasteiger partial charge is 0.223 e. The first-order chi connectivity index (χ1) is 9.78. The van der Waals surface area contributed by atoms with Crippen LogP contribution in [0.3, 0.4) is 0 Å². The van der Waals surface area contributed by atoms with Gasteiger partial charge in [-0.2, -0.15) is 4.98 Å². The van der Waals surface area contributed by atoms with Crippen molar-refractivity contribution in [2.24, 2.45) is 4.99 Å². The minimum Gasteiger partial charge on any atom is -0.357 e. The van der Waals surface area contributed by atoms with E-state index in [0.29, 0.717) is 30.8 Å². The zero-order valence-electron chi connectivity index (χ0n) is 12.0. The molecule has 0 aliphatic rings. The number of aliphatic imine (C=N–C) groups is 1. The molecule has 21 heavy (non-hydrogen) atoms. The molecule has 0 radical (unpaired) electrons. The Morgan fingerprint density at radius 3 is 2.81 bits per heavy atom. The van der Waals surface area contributed by atoms with Gasteiger partial charge in [0.05, 0.1) is 18.8 Å². The molecule has 2 heterocycles. The molecule has 8 heteroatoms. The minimum absolute atomic E-state index is 0. The largest absolute Gasteiger partial charge is 0.357 e. The Kier molecular flexibility index (Phi) is 7.65. The molecular weight excluding hydrogens is 383 g/mol. The van der Waals surface area contributed by atoms with Crippen molar-refractivity contribution < 1.29 is 4.52 Å². The van der Waals surface area contributed by atoms with Gasteiger partial charge in [-0.1, -0.05) is 11.2 Å². The summed E-state index contributed by atoms with van der Waals surface area (Å²) in [4.78, 5) is 12.8. The zero-order valence-corrected chi connectivity index (χ0v) is 14.4. The second kappa shape index (κ2) is 9.27. The zero-order chi connectivity index (χ0) is 14.2. The molecule has 0 bridgehead atoms.